The van der Waals surface area contributed by atoms with Crippen LogP contribution in [-0.2, 0) is 11.3 Å². The third kappa shape index (κ3) is 4.10. The molecule has 22 heavy (non-hydrogen) atoms. The average molecular weight is 294 g/mol. The number of aryl methyl sites for hydroxylation is 1. The Labute approximate surface area is 130 Å². The van der Waals surface area contributed by atoms with Crippen molar-refractivity contribution in [2.24, 2.45) is 0 Å². The van der Waals surface area contributed by atoms with E-state index in [9.17, 15) is 4.79 Å². The summed E-state index contributed by atoms with van der Waals surface area (Å²) in [7, 11) is 0. The van der Waals surface area contributed by atoms with Crippen LogP contribution >= 0.6 is 0 Å². The van der Waals surface area contributed by atoms with Gasteiger partial charge in [0.2, 0.25) is 0 Å². The van der Waals surface area contributed by atoms with Crippen molar-refractivity contribution >= 4 is 5.91 Å². The molecule has 0 heterocycles. The molecule has 0 saturated heterocycles. The first-order valence-electron chi connectivity index (χ1n) is 7.09. The van der Waals surface area contributed by atoms with Crippen LogP contribution in [0.4, 0.5) is 0 Å². The van der Waals surface area contributed by atoms with Crippen molar-refractivity contribution in [1.82, 2.24) is 5.32 Å². The van der Waals surface area contributed by atoms with E-state index >= 15 is 0 Å². The zero-order valence-electron chi connectivity index (χ0n) is 12.7. The Morgan fingerprint density at radius 3 is 2.55 bits per heavy atom. The fraction of sp³-hybridized carbons (Fsp3) is 0.222. The van der Waals surface area contributed by atoms with Gasteiger partial charge < -0.3 is 10.1 Å². The molecule has 1 amide bonds. The number of carbonyl (C=O) groups is 1. The fourth-order valence-electron chi connectivity index (χ4n) is 2.00. The molecule has 0 radical (unpaired) electrons. The van der Waals surface area contributed by atoms with Crippen LogP contribution in [0.25, 0.3) is 0 Å². The first kappa shape index (κ1) is 15.6. The number of hydrogen-bond acceptors (Lipinski definition) is 3. The molecule has 2 aromatic carbocycles. The highest BCUT2D eigenvalue weighted by atomic mass is 16.5. The highest BCUT2D eigenvalue weighted by Crippen LogP contribution is 2.13. The zero-order valence-corrected chi connectivity index (χ0v) is 12.7. The number of rotatable bonds is 5. The molecule has 0 saturated carbocycles. The molecule has 0 bridgehead atoms. The zero-order chi connectivity index (χ0) is 15.9. The summed E-state index contributed by atoms with van der Waals surface area (Å²) < 4.78 is 5.57. The molecule has 0 aromatic heterocycles. The first-order chi connectivity index (χ1) is 10.6. The van der Waals surface area contributed by atoms with E-state index in [-0.39, 0.29) is 5.91 Å². The molecule has 4 nitrogen and oxygen atoms in total. The summed E-state index contributed by atoms with van der Waals surface area (Å²) in [6.07, 6.45) is -0.600. The van der Waals surface area contributed by atoms with Crippen LogP contribution < -0.4 is 10.1 Å². The van der Waals surface area contributed by atoms with Crippen molar-refractivity contribution in [1.29, 1.82) is 5.26 Å². The summed E-state index contributed by atoms with van der Waals surface area (Å²) in [5.74, 6) is 0.394. The van der Waals surface area contributed by atoms with Gasteiger partial charge >= 0.3 is 0 Å². The Kier molecular flexibility index (Phi) is 5.16. The van der Waals surface area contributed by atoms with Crippen LogP contribution in [0.1, 0.15) is 23.6 Å². The van der Waals surface area contributed by atoms with E-state index in [2.05, 4.69) is 5.32 Å². The number of carbonyl (C=O) groups excluding carboxylic acids is 1. The van der Waals surface area contributed by atoms with Crippen molar-refractivity contribution < 1.29 is 9.53 Å². The number of ether oxygens (including phenoxy) is 1. The van der Waals surface area contributed by atoms with E-state index < -0.39 is 6.10 Å². The molecule has 0 aliphatic heterocycles. The Bertz CT molecular complexity index is 687. The van der Waals surface area contributed by atoms with Gasteiger partial charge in [-0.25, -0.2) is 0 Å². The molecule has 4 heteroatoms. The second kappa shape index (κ2) is 7.28. The summed E-state index contributed by atoms with van der Waals surface area (Å²) in [4.78, 5) is 12.1. The second-order valence-corrected chi connectivity index (χ2v) is 5.04. The van der Waals surface area contributed by atoms with Crippen LogP contribution in [0.5, 0.6) is 5.75 Å². The SMILES string of the molecule is Cc1ccccc1CNC(=O)[C@@H](C)Oc1ccc(C#N)cc1. The Balaban J connectivity index is 1.89. The van der Waals surface area contributed by atoms with E-state index in [0.717, 1.165) is 11.1 Å². The molecule has 2 rings (SSSR count). The van der Waals surface area contributed by atoms with Crippen molar-refractivity contribution in [3.63, 3.8) is 0 Å². The predicted octanol–water partition coefficient (Wildman–Crippen LogP) is 2.95. The molecule has 0 aliphatic carbocycles. The Hall–Kier alpha value is -2.80. The van der Waals surface area contributed by atoms with Gasteiger partial charge in [0.1, 0.15) is 5.75 Å². The monoisotopic (exact) mass is 294 g/mol. The molecule has 1 N–H and O–H groups in total. The highest BCUT2D eigenvalue weighted by Gasteiger charge is 2.14. The number of benzene rings is 2. The largest absolute Gasteiger partial charge is 0.481 e. The summed E-state index contributed by atoms with van der Waals surface area (Å²) in [5, 5.41) is 11.6. The van der Waals surface area contributed by atoms with Crippen molar-refractivity contribution in [3.05, 3.63) is 65.2 Å². The minimum Gasteiger partial charge on any atom is -0.481 e. The molecule has 0 unspecified atom stereocenters. The lowest BCUT2D eigenvalue weighted by molar-refractivity contribution is -0.127. The smallest absolute Gasteiger partial charge is 0.261 e. The summed E-state index contributed by atoms with van der Waals surface area (Å²) in [5.41, 5.74) is 2.79. The van der Waals surface area contributed by atoms with Gasteiger partial charge in [-0.1, -0.05) is 24.3 Å². The summed E-state index contributed by atoms with van der Waals surface area (Å²) in [6, 6.07) is 16.6. The third-order valence-electron chi connectivity index (χ3n) is 3.38. The van der Waals surface area contributed by atoms with Crippen molar-refractivity contribution in [2.75, 3.05) is 0 Å². The number of nitriles is 1. The van der Waals surface area contributed by atoms with Crippen LogP contribution in [0, 0.1) is 18.3 Å². The molecular weight excluding hydrogens is 276 g/mol. The van der Waals surface area contributed by atoms with Gasteiger partial charge in [0.15, 0.2) is 6.10 Å². The van der Waals surface area contributed by atoms with E-state index in [4.69, 9.17) is 10.00 Å². The number of nitrogens with one attached hydrogen (secondary N) is 1. The van der Waals surface area contributed by atoms with Crippen LogP contribution in [0.3, 0.4) is 0 Å². The van der Waals surface area contributed by atoms with Gasteiger partial charge in [-0.3, -0.25) is 4.79 Å². The second-order valence-electron chi connectivity index (χ2n) is 5.04. The topological polar surface area (TPSA) is 62.1 Å². The lowest BCUT2D eigenvalue weighted by Crippen LogP contribution is -2.36. The molecule has 0 spiro atoms. The molecule has 112 valence electrons. The third-order valence-corrected chi connectivity index (χ3v) is 3.38. The molecule has 2 aromatic rings. The first-order valence-corrected chi connectivity index (χ1v) is 7.09. The highest BCUT2D eigenvalue weighted by molar-refractivity contribution is 5.80. The van der Waals surface area contributed by atoms with Crippen LogP contribution in [0.2, 0.25) is 0 Å². The van der Waals surface area contributed by atoms with E-state index in [0.29, 0.717) is 17.9 Å². The van der Waals surface area contributed by atoms with Crippen molar-refractivity contribution in [2.45, 2.75) is 26.5 Å². The van der Waals surface area contributed by atoms with E-state index in [1.165, 1.54) is 0 Å². The summed E-state index contributed by atoms with van der Waals surface area (Å²) >= 11 is 0. The van der Waals surface area contributed by atoms with E-state index in [1.54, 1.807) is 31.2 Å². The summed E-state index contributed by atoms with van der Waals surface area (Å²) in [6.45, 7) is 4.19. The predicted molar refractivity (Wildman–Crippen MR) is 84.3 cm³/mol. The van der Waals surface area contributed by atoms with Crippen LogP contribution in [0.15, 0.2) is 48.5 Å². The van der Waals surface area contributed by atoms with E-state index in [1.807, 2.05) is 37.3 Å². The molecule has 0 fully saturated rings. The molecule has 0 aliphatic rings. The Morgan fingerprint density at radius 2 is 1.91 bits per heavy atom. The number of nitrogens with zero attached hydrogens (tertiary/aromatic N) is 1. The standard InChI is InChI=1S/C18H18N2O2/c1-13-5-3-4-6-16(13)12-20-18(21)14(2)22-17-9-7-15(11-19)8-10-17/h3-10,14H,12H2,1-2H3,(H,20,21)/t14-/m1/s1. The molecule has 1 atom stereocenters. The number of hydrogen-bond donors (Lipinski definition) is 1. The maximum atomic E-state index is 12.1. The minimum absolute atomic E-state index is 0.174. The van der Waals surface area contributed by atoms with Gasteiger partial charge in [0.25, 0.3) is 5.91 Å². The lowest BCUT2D eigenvalue weighted by Gasteiger charge is -2.15. The van der Waals surface area contributed by atoms with Gasteiger partial charge in [0.05, 0.1) is 11.6 Å². The van der Waals surface area contributed by atoms with Gasteiger partial charge in [-0.05, 0) is 49.2 Å². The average Bonchev–Trinajstić information content (AvgIpc) is 2.54. The Morgan fingerprint density at radius 1 is 1.23 bits per heavy atom. The molecular formula is C18H18N2O2. The normalized spacial score (nSPS) is 11.3. The van der Waals surface area contributed by atoms with Gasteiger partial charge in [-0.15, -0.1) is 0 Å². The lowest BCUT2D eigenvalue weighted by atomic mass is 10.1. The fourth-order valence-corrected chi connectivity index (χ4v) is 2.00. The van der Waals surface area contributed by atoms with Gasteiger partial charge in [-0.2, -0.15) is 5.26 Å². The number of amides is 1. The quantitative estimate of drug-likeness (QED) is 0.922. The maximum absolute atomic E-state index is 12.1. The maximum Gasteiger partial charge on any atom is 0.261 e. The minimum atomic E-state index is -0.600. The van der Waals surface area contributed by atoms with Crippen LogP contribution in [-0.4, -0.2) is 12.0 Å². The van der Waals surface area contributed by atoms with Gasteiger partial charge in [0, 0.05) is 6.54 Å². The van der Waals surface area contributed by atoms with Crippen molar-refractivity contribution in [3.8, 4) is 11.8 Å².